The number of amides is 2. The van der Waals surface area contributed by atoms with E-state index < -0.39 is 0 Å². The molecule has 0 atom stereocenters. The van der Waals surface area contributed by atoms with Crippen molar-refractivity contribution in [1.29, 1.82) is 0 Å². The van der Waals surface area contributed by atoms with Crippen molar-refractivity contribution in [2.75, 3.05) is 25.5 Å². The summed E-state index contributed by atoms with van der Waals surface area (Å²) in [6.45, 7) is 5.79. The lowest BCUT2D eigenvalue weighted by Gasteiger charge is -2.19. The number of benzene rings is 3. The number of carbonyl (C=O) groups excluding carboxylic acids is 2. The minimum atomic E-state index is -0.259. The number of rotatable bonds is 6. The van der Waals surface area contributed by atoms with E-state index in [2.05, 4.69) is 5.32 Å². The maximum Gasteiger partial charge on any atom is 0.260 e. The lowest BCUT2D eigenvalue weighted by Crippen LogP contribution is -2.37. The predicted molar refractivity (Wildman–Crippen MR) is 116 cm³/mol. The summed E-state index contributed by atoms with van der Waals surface area (Å²) >= 11 is 0. The smallest absolute Gasteiger partial charge is 0.260 e. The van der Waals surface area contributed by atoms with Crippen molar-refractivity contribution in [1.82, 2.24) is 4.90 Å². The largest absolute Gasteiger partial charge is 0.484 e. The number of nitrogens with zero attached hydrogens (tertiary/aromatic N) is 1. The van der Waals surface area contributed by atoms with Crippen LogP contribution in [0.3, 0.4) is 0 Å². The maximum atomic E-state index is 12.4. The quantitative estimate of drug-likeness (QED) is 0.685. The lowest BCUT2D eigenvalue weighted by atomic mass is 10.1. The molecule has 5 heteroatoms. The molecule has 0 saturated heterocycles. The first-order valence-electron chi connectivity index (χ1n) is 9.57. The average Bonchev–Trinajstić information content (AvgIpc) is 2.68. The average molecular weight is 390 g/mol. The van der Waals surface area contributed by atoms with Gasteiger partial charge in [-0.15, -0.1) is 0 Å². The van der Waals surface area contributed by atoms with Crippen LogP contribution in [0.2, 0.25) is 0 Å². The van der Waals surface area contributed by atoms with Crippen molar-refractivity contribution >= 4 is 28.3 Å². The van der Waals surface area contributed by atoms with E-state index in [1.807, 2.05) is 75.4 Å². The first kappa shape index (κ1) is 20.4. The van der Waals surface area contributed by atoms with Gasteiger partial charge in [0.05, 0.1) is 6.54 Å². The highest BCUT2D eigenvalue weighted by molar-refractivity contribution is 5.96. The summed E-state index contributed by atoms with van der Waals surface area (Å²) in [5, 5.41) is 5.07. The van der Waals surface area contributed by atoms with Gasteiger partial charge in [0, 0.05) is 12.7 Å². The Morgan fingerprint density at radius 3 is 2.28 bits per heavy atom. The zero-order valence-corrected chi connectivity index (χ0v) is 17.3. The third-order valence-corrected chi connectivity index (χ3v) is 4.83. The van der Waals surface area contributed by atoms with Gasteiger partial charge in [-0.1, -0.05) is 48.0 Å². The molecule has 0 heterocycles. The van der Waals surface area contributed by atoms with Crippen LogP contribution in [0.15, 0.2) is 54.6 Å². The van der Waals surface area contributed by atoms with Gasteiger partial charge in [-0.25, -0.2) is 0 Å². The fourth-order valence-electron chi connectivity index (χ4n) is 3.37. The van der Waals surface area contributed by atoms with E-state index in [0.717, 1.165) is 33.2 Å². The highest BCUT2D eigenvalue weighted by Crippen LogP contribution is 2.22. The Labute approximate surface area is 171 Å². The fourth-order valence-corrected chi connectivity index (χ4v) is 3.37. The van der Waals surface area contributed by atoms with Gasteiger partial charge in [0.1, 0.15) is 5.75 Å². The first-order valence-corrected chi connectivity index (χ1v) is 9.57. The number of likely N-dealkylation sites (N-methyl/N-ethyl adjacent to an activating group) is 1. The number of hydrogen-bond acceptors (Lipinski definition) is 3. The molecule has 0 aliphatic rings. The van der Waals surface area contributed by atoms with Crippen LogP contribution in [0.1, 0.15) is 16.7 Å². The van der Waals surface area contributed by atoms with Gasteiger partial charge in [-0.2, -0.15) is 0 Å². The van der Waals surface area contributed by atoms with E-state index >= 15 is 0 Å². The molecule has 2 amide bonds. The monoisotopic (exact) mass is 390 g/mol. The summed E-state index contributed by atoms with van der Waals surface area (Å²) in [5.74, 6) is 0.132. The summed E-state index contributed by atoms with van der Waals surface area (Å²) in [7, 11) is 1.60. The van der Waals surface area contributed by atoms with E-state index in [1.54, 1.807) is 7.05 Å². The Balaban J connectivity index is 1.55. The molecular formula is C24H26N2O3. The summed E-state index contributed by atoms with van der Waals surface area (Å²) < 4.78 is 5.63. The van der Waals surface area contributed by atoms with E-state index in [-0.39, 0.29) is 25.0 Å². The molecule has 1 N–H and O–H groups in total. The molecule has 0 spiro atoms. The topological polar surface area (TPSA) is 58.6 Å². The van der Waals surface area contributed by atoms with Gasteiger partial charge in [-0.3, -0.25) is 9.59 Å². The second-order valence-corrected chi connectivity index (χ2v) is 7.37. The highest BCUT2D eigenvalue weighted by atomic mass is 16.5. The minimum absolute atomic E-state index is 0.0350. The molecule has 3 rings (SSSR count). The van der Waals surface area contributed by atoms with Crippen LogP contribution < -0.4 is 10.1 Å². The van der Waals surface area contributed by atoms with Gasteiger partial charge in [0.25, 0.3) is 5.91 Å². The molecule has 0 bridgehead atoms. The van der Waals surface area contributed by atoms with Crippen LogP contribution in [0.5, 0.6) is 5.75 Å². The predicted octanol–water partition coefficient (Wildman–Crippen LogP) is 4.24. The number of ether oxygens (including phenoxy) is 1. The van der Waals surface area contributed by atoms with Crippen LogP contribution in [-0.4, -0.2) is 36.9 Å². The summed E-state index contributed by atoms with van der Waals surface area (Å²) in [6, 6.07) is 17.7. The standard InChI is InChI=1S/C24H26N2O3/c1-16-11-17(2)24(18(3)12-16)25-22(27)14-26(4)23(28)15-29-21-10-9-19-7-5-6-8-20(19)13-21/h5-13H,14-15H2,1-4H3,(H,25,27). The SMILES string of the molecule is Cc1cc(C)c(NC(=O)CN(C)C(=O)COc2ccc3ccccc3c2)c(C)c1. The molecular weight excluding hydrogens is 364 g/mol. The van der Waals surface area contributed by atoms with E-state index in [9.17, 15) is 9.59 Å². The number of aryl methyl sites for hydroxylation is 3. The minimum Gasteiger partial charge on any atom is -0.484 e. The fraction of sp³-hybridized carbons (Fsp3) is 0.250. The molecule has 150 valence electrons. The number of carbonyl (C=O) groups is 2. The normalized spacial score (nSPS) is 10.6. The van der Waals surface area contributed by atoms with Gasteiger partial charge < -0.3 is 15.0 Å². The van der Waals surface area contributed by atoms with E-state index in [1.165, 1.54) is 4.90 Å². The van der Waals surface area contributed by atoms with Crippen molar-refractivity contribution in [3.05, 3.63) is 71.3 Å². The molecule has 0 aliphatic carbocycles. The Hall–Kier alpha value is -3.34. The summed E-state index contributed by atoms with van der Waals surface area (Å²) in [6.07, 6.45) is 0. The van der Waals surface area contributed by atoms with Crippen LogP contribution >= 0.6 is 0 Å². The Morgan fingerprint density at radius 2 is 1.59 bits per heavy atom. The molecule has 3 aromatic rings. The Kier molecular flexibility index (Phi) is 6.17. The number of nitrogens with one attached hydrogen (secondary N) is 1. The zero-order chi connectivity index (χ0) is 21.0. The summed E-state index contributed by atoms with van der Waals surface area (Å²) in [5.41, 5.74) is 3.96. The van der Waals surface area contributed by atoms with Crippen molar-refractivity contribution < 1.29 is 14.3 Å². The van der Waals surface area contributed by atoms with Gasteiger partial charge in [0.2, 0.25) is 5.91 Å². The maximum absolute atomic E-state index is 12.4. The zero-order valence-electron chi connectivity index (χ0n) is 17.3. The van der Waals surface area contributed by atoms with E-state index in [0.29, 0.717) is 5.75 Å². The third-order valence-electron chi connectivity index (χ3n) is 4.83. The van der Waals surface area contributed by atoms with Crippen LogP contribution in [0, 0.1) is 20.8 Å². The van der Waals surface area contributed by atoms with Crippen molar-refractivity contribution in [2.24, 2.45) is 0 Å². The third kappa shape index (κ3) is 5.13. The number of hydrogen-bond donors (Lipinski definition) is 1. The molecule has 0 radical (unpaired) electrons. The van der Waals surface area contributed by atoms with Crippen molar-refractivity contribution in [2.45, 2.75) is 20.8 Å². The van der Waals surface area contributed by atoms with Crippen molar-refractivity contribution in [3.8, 4) is 5.75 Å². The Bertz CT molecular complexity index is 1040. The molecule has 3 aromatic carbocycles. The first-order chi connectivity index (χ1) is 13.8. The van der Waals surface area contributed by atoms with Gasteiger partial charge >= 0.3 is 0 Å². The van der Waals surface area contributed by atoms with Crippen LogP contribution in [0.4, 0.5) is 5.69 Å². The van der Waals surface area contributed by atoms with Crippen LogP contribution in [0.25, 0.3) is 10.8 Å². The number of fused-ring (bicyclic) bond motifs is 1. The van der Waals surface area contributed by atoms with Gasteiger partial charge in [-0.05, 0) is 54.8 Å². The second kappa shape index (κ2) is 8.78. The molecule has 0 fully saturated rings. The van der Waals surface area contributed by atoms with Gasteiger partial charge in [0.15, 0.2) is 6.61 Å². The lowest BCUT2D eigenvalue weighted by molar-refractivity contribution is -0.135. The highest BCUT2D eigenvalue weighted by Gasteiger charge is 2.15. The van der Waals surface area contributed by atoms with E-state index in [4.69, 9.17) is 4.74 Å². The number of anilines is 1. The molecule has 5 nitrogen and oxygen atoms in total. The molecule has 0 aliphatic heterocycles. The molecule has 0 saturated carbocycles. The molecule has 29 heavy (non-hydrogen) atoms. The van der Waals surface area contributed by atoms with Crippen molar-refractivity contribution in [3.63, 3.8) is 0 Å². The Morgan fingerprint density at radius 1 is 0.931 bits per heavy atom. The second-order valence-electron chi connectivity index (χ2n) is 7.37. The summed E-state index contributed by atoms with van der Waals surface area (Å²) in [4.78, 5) is 26.1. The molecule has 0 aromatic heterocycles. The van der Waals surface area contributed by atoms with Crippen LogP contribution in [-0.2, 0) is 9.59 Å². The molecule has 0 unspecified atom stereocenters.